The Morgan fingerprint density at radius 2 is 1.78 bits per heavy atom. The summed E-state index contributed by atoms with van der Waals surface area (Å²) in [4.78, 5) is 0. The van der Waals surface area contributed by atoms with Gasteiger partial charge in [-0.1, -0.05) is 29.3 Å². The number of benzene rings is 2. The molecule has 2 aromatic rings. The maximum Gasteiger partial charge on any atom is 0.101 e. The van der Waals surface area contributed by atoms with Crippen molar-refractivity contribution in [2.75, 3.05) is 11.1 Å². The lowest BCUT2D eigenvalue weighted by molar-refractivity contribution is 1.47. The Labute approximate surface area is 115 Å². The van der Waals surface area contributed by atoms with E-state index in [1.165, 1.54) is 0 Å². The van der Waals surface area contributed by atoms with E-state index in [2.05, 4.69) is 5.32 Å². The van der Waals surface area contributed by atoms with Gasteiger partial charge in [-0.15, -0.1) is 0 Å². The van der Waals surface area contributed by atoms with E-state index in [-0.39, 0.29) is 0 Å². The Morgan fingerprint density at radius 1 is 1.11 bits per heavy atom. The van der Waals surface area contributed by atoms with Gasteiger partial charge in [-0.05, 0) is 30.3 Å². The van der Waals surface area contributed by atoms with Crippen LogP contribution in [-0.4, -0.2) is 0 Å². The van der Waals surface area contributed by atoms with Crippen molar-refractivity contribution in [1.29, 1.82) is 5.26 Å². The van der Waals surface area contributed by atoms with Crippen LogP contribution in [0, 0.1) is 11.3 Å². The molecule has 18 heavy (non-hydrogen) atoms. The van der Waals surface area contributed by atoms with Crippen molar-refractivity contribution in [3.05, 3.63) is 52.0 Å². The molecule has 0 aromatic heterocycles. The Bertz CT molecular complexity index is 612. The first kappa shape index (κ1) is 12.6. The van der Waals surface area contributed by atoms with Crippen LogP contribution in [0.4, 0.5) is 17.1 Å². The molecule has 0 amide bonds. The van der Waals surface area contributed by atoms with Gasteiger partial charge in [0.15, 0.2) is 0 Å². The highest BCUT2D eigenvalue weighted by Gasteiger charge is 2.06. The molecule has 0 aliphatic rings. The van der Waals surface area contributed by atoms with Crippen LogP contribution in [0.5, 0.6) is 0 Å². The van der Waals surface area contributed by atoms with E-state index in [9.17, 15) is 0 Å². The fraction of sp³-hybridized carbons (Fsp3) is 0. The second kappa shape index (κ2) is 5.18. The number of para-hydroxylation sites is 1. The molecule has 0 bridgehead atoms. The first-order valence-corrected chi connectivity index (χ1v) is 5.88. The summed E-state index contributed by atoms with van der Waals surface area (Å²) in [6, 6.07) is 12.3. The molecular formula is C13H9Cl2N3. The van der Waals surface area contributed by atoms with E-state index in [0.717, 1.165) is 5.69 Å². The minimum Gasteiger partial charge on any atom is -0.398 e. The van der Waals surface area contributed by atoms with E-state index in [1.54, 1.807) is 36.4 Å². The van der Waals surface area contributed by atoms with Crippen LogP contribution in [0.1, 0.15) is 5.56 Å². The molecule has 2 rings (SSSR count). The van der Waals surface area contributed by atoms with Gasteiger partial charge in [0, 0.05) is 5.69 Å². The summed E-state index contributed by atoms with van der Waals surface area (Å²) >= 11 is 12.1. The van der Waals surface area contributed by atoms with Crippen molar-refractivity contribution in [2.45, 2.75) is 0 Å². The number of nitrogens with one attached hydrogen (secondary N) is 1. The van der Waals surface area contributed by atoms with Crippen LogP contribution < -0.4 is 11.1 Å². The number of rotatable bonds is 2. The summed E-state index contributed by atoms with van der Waals surface area (Å²) in [5, 5.41) is 12.9. The normalized spacial score (nSPS) is 9.83. The third-order valence-electron chi connectivity index (χ3n) is 2.40. The topological polar surface area (TPSA) is 61.8 Å². The zero-order chi connectivity index (χ0) is 13.1. The number of hydrogen-bond donors (Lipinski definition) is 2. The van der Waals surface area contributed by atoms with Crippen molar-refractivity contribution in [1.82, 2.24) is 0 Å². The van der Waals surface area contributed by atoms with E-state index >= 15 is 0 Å². The lowest BCUT2D eigenvalue weighted by atomic mass is 10.1. The molecule has 0 aliphatic heterocycles. The molecule has 0 spiro atoms. The number of anilines is 3. The zero-order valence-corrected chi connectivity index (χ0v) is 10.8. The monoisotopic (exact) mass is 277 g/mol. The molecule has 90 valence electrons. The molecule has 0 radical (unpaired) electrons. The standard InChI is InChI=1S/C13H9Cl2N3/c14-10-2-1-3-11(15)13(10)18-9-5-4-8(7-16)12(17)6-9/h1-6,18H,17H2. The van der Waals surface area contributed by atoms with Gasteiger partial charge in [0.05, 0.1) is 27.0 Å². The molecule has 0 unspecified atom stereocenters. The summed E-state index contributed by atoms with van der Waals surface area (Å²) in [5.74, 6) is 0. The predicted octanol–water partition coefficient (Wildman–Crippen LogP) is 4.19. The zero-order valence-electron chi connectivity index (χ0n) is 9.24. The van der Waals surface area contributed by atoms with Crippen LogP contribution in [0.15, 0.2) is 36.4 Å². The molecule has 0 saturated heterocycles. The van der Waals surface area contributed by atoms with E-state index in [4.69, 9.17) is 34.2 Å². The minimum absolute atomic E-state index is 0.408. The predicted molar refractivity (Wildman–Crippen MR) is 75.3 cm³/mol. The maximum absolute atomic E-state index is 8.79. The average Bonchev–Trinajstić information content (AvgIpc) is 2.34. The van der Waals surface area contributed by atoms with Crippen LogP contribution in [0.2, 0.25) is 10.0 Å². The smallest absolute Gasteiger partial charge is 0.101 e. The Balaban J connectivity index is 2.35. The van der Waals surface area contributed by atoms with Gasteiger partial charge < -0.3 is 11.1 Å². The van der Waals surface area contributed by atoms with Crippen LogP contribution in [0.3, 0.4) is 0 Å². The minimum atomic E-state index is 0.408. The number of nitrogen functional groups attached to an aromatic ring is 1. The van der Waals surface area contributed by atoms with Crippen LogP contribution >= 0.6 is 23.2 Å². The van der Waals surface area contributed by atoms with Gasteiger partial charge in [0.25, 0.3) is 0 Å². The number of halogens is 2. The van der Waals surface area contributed by atoms with Gasteiger partial charge in [0.1, 0.15) is 6.07 Å². The first-order valence-electron chi connectivity index (χ1n) is 5.12. The van der Waals surface area contributed by atoms with Crippen molar-refractivity contribution in [3.8, 4) is 6.07 Å². The molecule has 0 saturated carbocycles. The Kier molecular flexibility index (Phi) is 3.61. The maximum atomic E-state index is 8.79. The summed E-state index contributed by atoms with van der Waals surface area (Å²) in [6.45, 7) is 0. The Hall–Kier alpha value is -1.89. The lowest BCUT2D eigenvalue weighted by Crippen LogP contribution is -1.96. The van der Waals surface area contributed by atoms with Crippen molar-refractivity contribution in [3.63, 3.8) is 0 Å². The molecule has 0 heterocycles. The number of nitrogens with zero attached hydrogens (tertiary/aromatic N) is 1. The second-order valence-corrected chi connectivity index (χ2v) is 4.45. The van der Waals surface area contributed by atoms with E-state index in [1.807, 2.05) is 6.07 Å². The van der Waals surface area contributed by atoms with Gasteiger partial charge >= 0.3 is 0 Å². The highest BCUT2D eigenvalue weighted by Crippen LogP contribution is 2.33. The van der Waals surface area contributed by atoms with Gasteiger partial charge in [-0.2, -0.15) is 5.26 Å². The van der Waals surface area contributed by atoms with Crippen molar-refractivity contribution < 1.29 is 0 Å². The van der Waals surface area contributed by atoms with Crippen molar-refractivity contribution >= 4 is 40.3 Å². The van der Waals surface area contributed by atoms with Gasteiger partial charge in [-0.3, -0.25) is 0 Å². The summed E-state index contributed by atoms with van der Waals surface area (Å²) in [5.41, 5.74) is 7.92. The van der Waals surface area contributed by atoms with Gasteiger partial charge in [-0.25, -0.2) is 0 Å². The fourth-order valence-electron chi connectivity index (χ4n) is 1.50. The summed E-state index contributed by atoms with van der Waals surface area (Å²) in [6.07, 6.45) is 0. The number of hydrogen-bond acceptors (Lipinski definition) is 3. The molecule has 3 N–H and O–H groups in total. The lowest BCUT2D eigenvalue weighted by Gasteiger charge is -2.11. The van der Waals surface area contributed by atoms with Crippen molar-refractivity contribution in [2.24, 2.45) is 0 Å². The fourth-order valence-corrected chi connectivity index (χ4v) is 2.00. The molecule has 0 aliphatic carbocycles. The highest BCUT2D eigenvalue weighted by atomic mass is 35.5. The molecule has 0 fully saturated rings. The summed E-state index contributed by atoms with van der Waals surface area (Å²) in [7, 11) is 0. The van der Waals surface area contributed by atoms with Gasteiger partial charge in [0.2, 0.25) is 0 Å². The third-order valence-corrected chi connectivity index (χ3v) is 3.03. The quantitative estimate of drug-likeness (QED) is 0.809. The average molecular weight is 278 g/mol. The molecule has 3 nitrogen and oxygen atoms in total. The molecule has 2 aromatic carbocycles. The number of nitrogens with two attached hydrogens (primary N) is 1. The third kappa shape index (κ3) is 2.51. The van der Waals surface area contributed by atoms with Crippen LogP contribution in [0.25, 0.3) is 0 Å². The SMILES string of the molecule is N#Cc1ccc(Nc2c(Cl)cccc2Cl)cc1N. The molecule has 0 atom stereocenters. The molecular weight excluding hydrogens is 269 g/mol. The van der Waals surface area contributed by atoms with E-state index in [0.29, 0.717) is 27.0 Å². The highest BCUT2D eigenvalue weighted by molar-refractivity contribution is 6.39. The summed E-state index contributed by atoms with van der Waals surface area (Å²) < 4.78 is 0. The first-order chi connectivity index (χ1) is 8.61. The largest absolute Gasteiger partial charge is 0.398 e. The second-order valence-electron chi connectivity index (χ2n) is 3.64. The van der Waals surface area contributed by atoms with Crippen LogP contribution in [-0.2, 0) is 0 Å². The number of nitriles is 1. The Morgan fingerprint density at radius 3 is 2.33 bits per heavy atom. The van der Waals surface area contributed by atoms with E-state index < -0.39 is 0 Å². The molecule has 5 heteroatoms.